The van der Waals surface area contributed by atoms with Gasteiger partial charge in [-0.25, -0.2) is 0 Å². The molecule has 1 heterocycles. The first-order valence-corrected chi connectivity index (χ1v) is 6.97. The Morgan fingerprint density at radius 1 is 1.10 bits per heavy atom. The molecule has 0 radical (unpaired) electrons. The molecule has 3 heteroatoms. The summed E-state index contributed by atoms with van der Waals surface area (Å²) in [6.07, 6.45) is 2.26. The van der Waals surface area contributed by atoms with Gasteiger partial charge in [0.05, 0.1) is 0 Å². The van der Waals surface area contributed by atoms with Gasteiger partial charge in [0.25, 0.3) is 0 Å². The second-order valence-corrected chi connectivity index (χ2v) is 5.17. The number of benzene rings is 2. The Labute approximate surface area is 119 Å². The summed E-state index contributed by atoms with van der Waals surface area (Å²) in [5, 5.41) is 0. The van der Waals surface area contributed by atoms with Crippen LogP contribution in [-0.2, 0) is 17.6 Å². The van der Waals surface area contributed by atoms with E-state index in [1.165, 1.54) is 5.56 Å². The fourth-order valence-electron chi connectivity index (χ4n) is 2.67. The summed E-state index contributed by atoms with van der Waals surface area (Å²) >= 11 is 0. The Morgan fingerprint density at radius 3 is 2.65 bits per heavy atom. The average molecular weight is 266 g/mol. The lowest BCUT2D eigenvalue weighted by Crippen LogP contribution is -2.29. The molecule has 1 aliphatic heterocycles. The number of nitrogen functional groups attached to an aromatic ring is 1. The van der Waals surface area contributed by atoms with Crippen molar-refractivity contribution in [1.82, 2.24) is 0 Å². The number of hydrogen-bond acceptors (Lipinski definition) is 2. The Hall–Kier alpha value is -2.29. The molecule has 2 N–H and O–H groups in total. The quantitative estimate of drug-likeness (QED) is 0.868. The first kappa shape index (κ1) is 12.7. The van der Waals surface area contributed by atoms with Gasteiger partial charge in [-0.1, -0.05) is 30.3 Å². The molecule has 0 bridgehead atoms. The molecule has 0 aromatic heterocycles. The number of aryl methyl sites for hydroxylation is 1. The van der Waals surface area contributed by atoms with Gasteiger partial charge in [-0.15, -0.1) is 0 Å². The number of anilines is 2. The lowest BCUT2D eigenvalue weighted by molar-refractivity contribution is -0.118. The largest absolute Gasteiger partial charge is 0.399 e. The second-order valence-electron chi connectivity index (χ2n) is 5.17. The first-order chi connectivity index (χ1) is 9.74. The molecule has 0 saturated carbocycles. The Morgan fingerprint density at radius 2 is 1.85 bits per heavy atom. The van der Waals surface area contributed by atoms with Crippen molar-refractivity contribution < 1.29 is 4.79 Å². The van der Waals surface area contributed by atoms with Crippen LogP contribution in [0.5, 0.6) is 0 Å². The van der Waals surface area contributed by atoms with Gasteiger partial charge in [0, 0.05) is 24.3 Å². The number of nitrogens with two attached hydrogens (primary N) is 1. The molecule has 2 aromatic carbocycles. The van der Waals surface area contributed by atoms with Gasteiger partial charge >= 0.3 is 0 Å². The van der Waals surface area contributed by atoms with Crippen molar-refractivity contribution in [2.24, 2.45) is 0 Å². The smallest absolute Gasteiger partial charge is 0.227 e. The van der Waals surface area contributed by atoms with Gasteiger partial charge in [-0.05, 0) is 42.2 Å². The van der Waals surface area contributed by atoms with Gasteiger partial charge in [0.1, 0.15) is 0 Å². The molecule has 20 heavy (non-hydrogen) atoms. The van der Waals surface area contributed by atoms with Crippen LogP contribution in [0.3, 0.4) is 0 Å². The molecule has 3 nitrogen and oxygen atoms in total. The van der Waals surface area contributed by atoms with Gasteiger partial charge in [0.15, 0.2) is 0 Å². The number of fused-ring (bicyclic) bond motifs is 1. The average Bonchev–Trinajstić information content (AvgIpc) is 2.90. The minimum absolute atomic E-state index is 0.201. The van der Waals surface area contributed by atoms with Crippen LogP contribution in [0.4, 0.5) is 11.4 Å². The zero-order valence-corrected chi connectivity index (χ0v) is 11.4. The van der Waals surface area contributed by atoms with Gasteiger partial charge < -0.3 is 10.6 Å². The Bertz CT molecular complexity index is 619. The molecule has 1 aliphatic rings. The highest BCUT2D eigenvalue weighted by molar-refractivity contribution is 5.95. The number of carbonyl (C=O) groups excluding carboxylic acids is 1. The fraction of sp³-hybridized carbons (Fsp3) is 0.235. The molecule has 3 rings (SSSR count). The summed E-state index contributed by atoms with van der Waals surface area (Å²) in [5.41, 5.74) is 9.92. The van der Waals surface area contributed by atoms with Crippen molar-refractivity contribution in [3.05, 3.63) is 59.7 Å². The van der Waals surface area contributed by atoms with Gasteiger partial charge in [-0.3, -0.25) is 4.79 Å². The van der Waals surface area contributed by atoms with Gasteiger partial charge in [-0.2, -0.15) is 0 Å². The zero-order valence-electron chi connectivity index (χ0n) is 11.4. The molecule has 0 unspecified atom stereocenters. The van der Waals surface area contributed by atoms with Crippen LogP contribution in [0, 0.1) is 0 Å². The molecule has 2 aromatic rings. The van der Waals surface area contributed by atoms with Crippen LogP contribution in [0.25, 0.3) is 0 Å². The summed E-state index contributed by atoms with van der Waals surface area (Å²) in [6, 6.07) is 15.9. The summed E-state index contributed by atoms with van der Waals surface area (Å²) in [7, 11) is 0. The van der Waals surface area contributed by atoms with Crippen LogP contribution in [-0.4, -0.2) is 12.5 Å². The number of nitrogens with zero attached hydrogens (tertiary/aromatic N) is 1. The molecule has 102 valence electrons. The third-order valence-electron chi connectivity index (χ3n) is 3.80. The van der Waals surface area contributed by atoms with E-state index in [0.29, 0.717) is 6.42 Å². The van der Waals surface area contributed by atoms with Crippen LogP contribution in [0.15, 0.2) is 48.5 Å². The maximum absolute atomic E-state index is 12.3. The topological polar surface area (TPSA) is 46.3 Å². The predicted molar refractivity (Wildman–Crippen MR) is 81.7 cm³/mol. The third-order valence-corrected chi connectivity index (χ3v) is 3.80. The fourth-order valence-corrected chi connectivity index (χ4v) is 2.67. The zero-order chi connectivity index (χ0) is 13.9. The number of hydrogen-bond donors (Lipinski definition) is 1. The van der Waals surface area contributed by atoms with Crippen LogP contribution < -0.4 is 10.6 Å². The summed E-state index contributed by atoms with van der Waals surface area (Å²) < 4.78 is 0. The Balaban J connectivity index is 1.65. The molecule has 0 spiro atoms. The van der Waals surface area contributed by atoms with Crippen LogP contribution in [0.2, 0.25) is 0 Å². The van der Waals surface area contributed by atoms with Crippen molar-refractivity contribution in [2.45, 2.75) is 19.3 Å². The maximum Gasteiger partial charge on any atom is 0.227 e. The third kappa shape index (κ3) is 2.52. The molecule has 1 amide bonds. The number of para-hydroxylation sites is 1. The number of carbonyl (C=O) groups is 1. The van der Waals surface area contributed by atoms with E-state index >= 15 is 0 Å². The molecule has 0 saturated heterocycles. The van der Waals surface area contributed by atoms with Crippen molar-refractivity contribution in [1.29, 1.82) is 0 Å². The van der Waals surface area contributed by atoms with Crippen LogP contribution in [0.1, 0.15) is 17.5 Å². The second kappa shape index (κ2) is 5.37. The molecular formula is C17H18N2O. The number of rotatable bonds is 3. The number of amides is 1. The molecule has 0 fully saturated rings. The van der Waals surface area contributed by atoms with Crippen LogP contribution >= 0.6 is 0 Å². The summed E-state index contributed by atoms with van der Waals surface area (Å²) in [6.45, 7) is 0.805. The normalized spacial score (nSPS) is 13.3. The van der Waals surface area contributed by atoms with E-state index in [0.717, 1.165) is 36.3 Å². The highest BCUT2D eigenvalue weighted by atomic mass is 16.2. The van der Waals surface area contributed by atoms with E-state index in [-0.39, 0.29) is 5.91 Å². The minimum atomic E-state index is 0.201. The monoisotopic (exact) mass is 266 g/mol. The highest BCUT2D eigenvalue weighted by Gasteiger charge is 2.23. The summed E-state index contributed by atoms with van der Waals surface area (Å²) in [4.78, 5) is 14.3. The molecule has 0 aliphatic carbocycles. The molecular weight excluding hydrogens is 248 g/mol. The Kier molecular flexibility index (Phi) is 3.42. The minimum Gasteiger partial charge on any atom is -0.399 e. The van der Waals surface area contributed by atoms with Crippen molar-refractivity contribution in [3.8, 4) is 0 Å². The predicted octanol–water partition coefficient (Wildman–Crippen LogP) is 2.79. The van der Waals surface area contributed by atoms with E-state index < -0.39 is 0 Å². The highest BCUT2D eigenvalue weighted by Crippen LogP contribution is 2.28. The van der Waals surface area contributed by atoms with Gasteiger partial charge in [0.2, 0.25) is 5.91 Å². The SMILES string of the molecule is Nc1ccc(CCC(=O)N2CCc3ccccc32)cc1. The van der Waals surface area contributed by atoms with Crippen molar-refractivity contribution in [3.63, 3.8) is 0 Å². The van der Waals surface area contributed by atoms with E-state index in [2.05, 4.69) is 6.07 Å². The lowest BCUT2D eigenvalue weighted by Gasteiger charge is -2.17. The summed E-state index contributed by atoms with van der Waals surface area (Å²) in [5.74, 6) is 0.201. The van der Waals surface area contributed by atoms with Crippen molar-refractivity contribution >= 4 is 17.3 Å². The lowest BCUT2D eigenvalue weighted by atomic mass is 10.1. The van der Waals surface area contributed by atoms with E-state index in [4.69, 9.17) is 5.73 Å². The van der Waals surface area contributed by atoms with E-state index in [9.17, 15) is 4.79 Å². The van der Waals surface area contributed by atoms with E-state index in [1.54, 1.807) is 0 Å². The standard InChI is InChI=1S/C17H18N2O/c18-15-8-5-13(6-9-15)7-10-17(20)19-12-11-14-3-1-2-4-16(14)19/h1-6,8-9H,7,10-12,18H2. The molecule has 0 atom stereocenters. The maximum atomic E-state index is 12.3. The van der Waals surface area contributed by atoms with Crippen molar-refractivity contribution in [2.75, 3.05) is 17.2 Å². The first-order valence-electron chi connectivity index (χ1n) is 6.97. The van der Waals surface area contributed by atoms with E-state index in [1.807, 2.05) is 47.4 Å².